The molecular weight excluding hydrogens is 446 g/mol. The van der Waals surface area contributed by atoms with E-state index in [1.165, 1.54) is 27.8 Å². The first-order valence-corrected chi connectivity index (χ1v) is 13.8. The minimum absolute atomic E-state index is 0.0916. The van der Waals surface area contributed by atoms with Crippen molar-refractivity contribution in [3.05, 3.63) is 52.1 Å². The van der Waals surface area contributed by atoms with E-state index in [4.69, 9.17) is 15.5 Å². The molecule has 2 aromatic carbocycles. The number of rotatable bonds is 10. The number of amides is 1. The molecule has 5 nitrogen and oxygen atoms in total. The predicted octanol–water partition coefficient (Wildman–Crippen LogP) is 6.91. The molecule has 3 unspecified atom stereocenters. The number of aliphatic imine (C=N–C) groups is 1. The van der Waals surface area contributed by atoms with Gasteiger partial charge in [-0.25, -0.2) is 0 Å². The van der Waals surface area contributed by atoms with E-state index in [1.807, 2.05) is 6.21 Å². The zero-order chi connectivity index (χ0) is 25.8. The topological polar surface area (TPSA) is 67.9 Å². The number of nitrogens with two attached hydrogens (primary N) is 1. The summed E-state index contributed by atoms with van der Waals surface area (Å²) in [6.45, 7) is 8.43. The second kappa shape index (κ2) is 11.7. The lowest BCUT2D eigenvalue weighted by molar-refractivity contribution is 0.0555. The Hall–Kier alpha value is -2.50. The zero-order valence-electron chi connectivity index (χ0n) is 22.8. The van der Waals surface area contributed by atoms with Crippen molar-refractivity contribution in [1.29, 1.82) is 0 Å². The third-order valence-corrected chi connectivity index (χ3v) is 8.10. The van der Waals surface area contributed by atoms with Crippen molar-refractivity contribution in [2.75, 3.05) is 27.2 Å². The maximum absolute atomic E-state index is 12.9. The SMILES string of the molecule is CCC(CCCCN(C)C)c1cc(-c2ccc3c(c2)C(C)OCC3)c2c(c1C(N)=O)N=CCC2CC. The summed E-state index contributed by atoms with van der Waals surface area (Å²) in [5.74, 6) is 0.237. The molecule has 2 aliphatic heterocycles. The summed E-state index contributed by atoms with van der Waals surface area (Å²) in [7, 11) is 4.23. The van der Waals surface area contributed by atoms with Crippen molar-refractivity contribution >= 4 is 17.8 Å². The van der Waals surface area contributed by atoms with Gasteiger partial charge in [-0.15, -0.1) is 0 Å². The number of hydrogen-bond donors (Lipinski definition) is 1. The first kappa shape index (κ1) is 26.6. The van der Waals surface area contributed by atoms with E-state index < -0.39 is 0 Å². The smallest absolute Gasteiger partial charge is 0.251 e. The summed E-state index contributed by atoms with van der Waals surface area (Å²) in [4.78, 5) is 20.0. The van der Waals surface area contributed by atoms with Crippen LogP contribution >= 0.6 is 0 Å². The third kappa shape index (κ3) is 5.42. The number of hydrogen-bond acceptors (Lipinski definition) is 4. The number of carbonyl (C=O) groups excluding carboxylic acids is 1. The van der Waals surface area contributed by atoms with Gasteiger partial charge in [0.05, 0.1) is 24.0 Å². The average molecular weight is 490 g/mol. The first-order chi connectivity index (χ1) is 17.3. The van der Waals surface area contributed by atoms with Crippen molar-refractivity contribution in [2.24, 2.45) is 10.7 Å². The molecule has 1 amide bonds. The zero-order valence-corrected chi connectivity index (χ0v) is 22.8. The number of benzene rings is 2. The molecule has 2 heterocycles. The van der Waals surface area contributed by atoms with Gasteiger partial charge in [0.2, 0.25) is 0 Å². The average Bonchev–Trinajstić information content (AvgIpc) is 2.87. The second-order valence-corrected chi connectivity index (χ2v) is 10.7. The van der Waals surface area contributed by atoms with Crippen LogP contribution in [0, 0.1) is 0 Å². The Bertz CT molecular complexity index is 1120. The minimum atomic E-state index is -0.360. The molecule has 0 aliphatic carbocycles. The Morgan fingerprint density at radius 2 is 2.03 bits per heavy atom. The van der Waals surface area contributed by atoms with Gasteiger partial charge < -0.3 is 15.4 Å². The van der Waals surface area contributed by atoms with Gasteiger partial charge >= 0.3 is 0 Å². The summed E-state index contributed by atoms with van der Waals surface area (Å²) < 4.78 is 5.96. The highest BCUT2D eigenvalue weighted by molar-refractivity contribution is 6.03. The van der Waals surface area contributed by atoms with Gasteiger partial charge in [-0.1, -0.05) is 32.4 Å². The quantitative estimate of drug-likeness (QED) is 0.369. The van der Waals surface area contributed by atoms with Crippen molar-refractivity contribution in [3.8, 4) is 11.1 Å². The molecule has 0 radical (unpaired) electrons. The van der Waals surface area contributed by atoms with Gasteiger partial charge in [0.25, 0.3) is 5.91 Å². The van der Waals surface area contributed by atoms with E-state index in [0.29, 0.717) is 11.5 Å². The highest BCUT2D eigenvalue weighted by atomic mass is 16.5. The molecule has 4 rings (SSSR count). The van der Waals surface area contributed by atoms with Crippen LogP contribution in [0.25, 0.3) is 11.1 Å². The summed E-state index contributed by atoms with van der Waals surface area (Å²) in [6.07, 6.45) is 9.19. The van der Waals surface area contributed by atoms with Gasteiger partial charge in [-0.3, -0.25) is 9.79 Å². The number of nitrogens with zero attached hydrogens (tertiary/aromatic N) is 2. The van der Waals surface area contributed by atoms with Crippen LogP contribution in [0.15, 0.2) is 29.3 Å². The van der Waals surface area contributed by atoms with Crippen LogP contribution in [0.5, 0.6) is 0 Å². The molecule has 194 valence electrons. The summed E-state index contributed by atoms with van der Waals surface area (Å²) >= 11 is 0. The van der Waals surface area contributed by atoms with Crippen LogP contribution in [0.4, 0.5) is 5.69 Å². The number of unbranched alkanes of at least 4 members (excludes halogenated alkanes) is 1. The molecular formula is C31H43N3O2. The number of fused-ring (bicyclic) bond motifs is 2. The number of ether oxygens (including phenoxy) is 1. The lowest BCUT2D eigenvalue weighted by Crippen LogP contribution is -2.20. The van der Waals surface area contributed by atoms with Gasteiger partial charge in [0.15, 0.2) is 0 Å². The van der Waals surface area contributed by atoms with E-state index >= 15 is 0 Å². The van der Waals surface area contributed by atoms with Crippen LogP contribution in [-0.4, -0.2) is 44.3 Å². The van der Waals surface area contributed by atoms with Crippen LogP contribution in [-0.2, 0) is 11.2 Å². The van der Waals surface area contributed by atoms with Crippen LogP contribution in [0.3, 0.4) is 0 Å². The standard InChI is InChI=1S/C31H43N3O2/c1-6-21(10-8-9-16-34(4)5)26-19-27(24-12-11-23-14-17-36-20(3)25(23)18-24)28-22(7-2)13-15-33-30(28)29(26)31(32)35/h11-12,15,18-22H,6-10,13-14,16-17H2,1-5H3,(H2,32,35). The molecule has 3 atom stereocenters. The molecule has 2 aliphatic rings. The molecule has 0 saturated heterocycles. The number of primary amides is 1. The summed E-state index contributed by atoms with van der Waals surface area (Å²) in [6, 6.07) is 9.12. The van der Waals surface area contributed by atoms with Crippen LogP contribution < -0.4 is 5.73 Å². The molecule has 2 aromatic rings. The second-order valence-electron chi connectivity index (χ2n) is 10.7. The van der Waals surface area contributed by atoms with Crippen LogP contribution in [0.2, 0.25) is 0 Å². The van der Waals surface area contributed by atoms with Crippen molar-refractivity contribution in [2.45, 2.75) is 83.7 Å². The normalized spacial score (nSPS) is 19.7. The Kier molecular flexibility index (Phi) is 8.63. The maximum atomic E-state index is 12.9. The molecule has 0 aromatic heterocycles. The van der Waals surface area contributed by atoms with Crippen molar-refractivity contribution in [1.82, 2.24) is 4.90 Å². The largest absolute Gasteiger partial charge is 0.373 e. The van der Waals surface area contributed by atoms with E-state index in [2.05, 4.69) is 64.0 Å². The first-order valence-electron chi connectivity index (χ1n) is 13.8. The minimum Gasteiger partial charge on any atom is -0.373 e. The fraction of sp³-hybridized carbons (Fsp3) is 0.548. The Balaban J connectivity index is 1.87. The van der Waals surface area contributed by atoms with Crippen molar-refractivity contribution in [3.63, 3.8) is 0 Å². The van der Waals surface area contributed by atoms with E-state index in [-0.39, 0.29) is 17.9 Å². The van der Waals surface area contributed by atoms with E-state index in [0.717, 1.165) is 69.3 Å². The molecule has 0 spiro atoms. The number of carbonyl (C=O) groups is 1. The van der Waals surface area contributed by atoms with Crippen molar-refractivity contribution < 1.29 is 9.53 Å². The third-order valence-electron chi connectivity index (χ3n) is 8.10. The highest BCUT2D eigenvalue weighted by Gasteiger charge is 2.30. The van der Waals surface area contributed by atoms with E-state index in [9.17, 15) is 4.79 Å². The monoisotopic (exact) mass is 489 g/mol. The maximum Gasteiger partial charge on any atom is 0.251 e. The highest BCUT2D eigenvalue weighted by Crippen LogP contribution is 2.48. The molecule has 36 heavy (non-hydrogen) atoms. The fourth-order valence-electron chi connectivity index (χ4n) is 6.03. The van der Waals surface area contributed by atoms with Gasteiger partial charge in [-0.05, 0) is 123 Å². The predicted molar refractivity (Wildman–Crippen MR) is 150 cm³/mol. The van der Waals surface area contributed by atoms with Gasteiger partial charge in [-0.2, -0.15) is 0 Å². The summed E-state index contributed by atoms with van der Waals surface area (Å²) in [5.41, 5.74) is 14.8. The molecule has 0 bridgehead atoms. The molecule has 5 heteroatoms. The lowest BCUT2D eigenvalue weighted by atomic mass is 9.77. The van der Waals surface area contributed by atoms with Gasteiger partial charge in [0, 0.05) is 6.21 Å². The Labute approximate surface area is 217 Å². The Morgan fingerprint density at radius 3 is 2.72 bits per heavy atom. The molecule has 0 saturated carbocycles. The molecule has 2 N–H and O–H groups in total. The fourth-order valence-corrected chi connectivity index (χ4v) is 6.03. The lowest BCUT2D eigenvalue weighted by Gasteiger charge is -2.30. The Morgan fingerprint density at radius 1 is 1.22 bits per heavy atom. The summed E-state index contributed by atoms with van der Waals surface area (Å²) in [5, 5.41) is 0. The molecule has 0 fully saturated rings. The van der Waals surface area contributed by atoms with Gasteiger partial charge in [0.1, 0.15) is 0 Å². The van der Waals surface area contributed by atoms with E-state index in [1.54, 1.807) is 0 Å². The van der Waals surface area contributed by atoms with Crippen LogP contribution in [0.1, 0.15) is 110 Å².